The SMILES string of the molecule is Cc1c(C)c2ccc3c(c2oc1=O)C[C@H](C)O3. The molecule has 0 aliphatic carbocycles. The Labute approximate surface area is 99.0 Å². The van der Waals surface area contributed by atoms with Crippen LogP contribution in [0, 0.1) is 13.8 Å². The van der Waals surface area contributed by atoms with Gasteiger partial charge < -0.3 is 9.15 Å². The molecular formula is C14H14O3. The predicted octanol–water partition coefficient (Wildman–Crippen LogP) is 2.73. The third kappa shape index (κ3) is 1.38. The molecule has 0 saturated heterocycles. The summed E-state index contributed by atoms with van der Waals surface area (Å²) >= 11 is 0. The van der Waals surface area contributed by atoms with E-state index in [0.717, 1.165) is 28.7 Å². The quantitative estimate of drug-likeness (QED) is 0.653. The van der Waals surface area contributed by atoms with E-state index in [1.807, 2.05) is 26.0 Å². The van der Waals surface area contributed by atoms with E-state index in [0.29, 0.717) is 11.1 Å². The predicted molar refractivity (Wildman–Crippen MR) is 65.8 cm³/mol. The maximum atomic E-state index is 11.7. The van der Waals surface area contributed by atoms with Crippen molar-refractivity contribution in [3.8, 4) is 5.75 Å². The van der Waals surface area contributed by atoms with Crippen molar-refractivity contribution in [1.29, 1.82) is 0 Å². The maximum absolute atomic E-state index is 11.7. The summed E-state index contributed by atoms with van der Waals surface area (Å²) in [6, 6.07) is 3.94. The zero-order valence-corrected chi connectivity index (χ0v) is 10.2. The van der Waals surface area contributed by atoms with E-state index < -0.39 is 0 Å². The fourth-order valence-corrected chi connectivity index (χ4v) is 2.40. The monoisotopic (exact) mass is 230 g/mol. The molecule has 0 radical (unpaired) electrons. The average Bonchev–Trinajstić information content (AvgIpc) is 2.67. The summed E-state index contributed by atoms with van der Waals surface area (Å²) < 4.78 is 11.1. The summed E-state index contributed by atoms with van der Waals surface area (Å²) in [5, 5.41) is 1.01. The second kappa shape index (κ2) is 3.36. The first-order valence-corrected chi connectivity index (χ1v) is 5.80. The van der Waals surface area contributed by atoms with Gasteiger partial charge in [0.2, 0.25) is 0 Å². The highest BCUT2D eigenvalue weighted by Gasteiger charge is 2.23. The molecule has 1 aliphatic heterocycles. The summed E-state index contributed by atoms with van der Waals surface area (Å²) in [7, 11) is 0. The minimum absolute atomic E-state index is 0.155. The molecule has 1 aromatic carbocycles. The van der Waals surface area contributed by atoms with Crippen molar-refractivity contribution in [2.45, 2.75) is 33.3 Å². The molecule has 0 saturated carbocycles. The highest BCUT2D eigenvalue weighted by atomic mass is 16.5. The van der Waals surface area contributed by atoms with Crippen LogP contribution in [0.2, 0.25) is 0 Å². The van der Waals surface area contributed by atoms with Crippen LogP contribution in [-0.2, 0) is 6.42 Å². The molecule has 0 bridgehead atoms. The van der Waals surface area contributed by atoms with Gasteiger partial charge in [-0.3, -0.25) is 0 Å². The van der Waals surface area contributed by atoms with Crippen LogP contribution in [0.1, 0.15) is 23.6 Å². The van der Waals surface area contributed by atoms with Crippen LogP contribution in [0.5, 0.6) is 5.75 Å². The van der Waals surface area contributed by atoms with Gasteiger partial charge in [0.1, 0.15) is 17.4 Å². The van der Waals surface area contributed by atoms with Crippen molar-refractivity contribution in [2.24, 2.45) is 0 Å². The normalized spacial score (nSPS) is 18.2. The molecule has 0 N–H and O–H groups in total. The summed E-state index contributed by atoms with van der Waals surface area (Å²) in [5.41, 5.74) is 3.15. The van der Waals surface area contributed by atoms with E-state index in [9.17, 15) is 4.79 Å². The van der Waals surface area contributed by atoms with Gasteiger partial charge in [-0.15, -0.1) is 0 Å². The van der Waals surface area contributed by atoms with Crippen molar-refractivity contribution in [2.75, 3.05) is 0 Å². The average molecular weight is 230 g/mol. The number of fused-ring (bicyclic) bond motifs is 3. The van der Waals surface area contributed by atoms with Crippen LogP contribution in [0.15, 0.2) is 21.3 Å². The molecule has 1 atom stereocenters. The van der Waals surface area contributed by atoms with Gasteiger partial charge in [-0.25, -0.2) is 4.79 Å². The minimum Gasteiger partial charge on any atom is -0.490 e. The van der Waals surface area contributed by atoms with Gasteiger partial charge in [-0.1, -0.05) is 0 Å². The molecule has 2 heterocycles. The number of hydrogen-bond donors (Lipinski definition) is 0. The van der Waals surface area contributed by atoms with Crippen LogP contribution in [0.25, 0.3) is 11.0 Å². The van der Waals surface area contributed by atoms with Gasteiger partial charge in [0.05, 0.1) is 0 Å². The third-order valence-corrected chi connectivity index (χ3v) is 3.50. The Balaban J connectivity index is 2.43. The smallest absolute Gasteiger partial charge is 0.339 e. The Morgan fingerprint density at radius 2 is 2.00 bits per heavy atom. The van der Waals surface area contributed by atoms with Crippen molar-refractivity contribution in [1.82, 2.24) is 0 Å². The Morgan fingerprint density at radius 3 is 2.76 bits per heavy atom. The highest BCUT2D eigenvalue weighted by Crippen LogP contribution is 2.35. The zero-order chi connectivity index (χ0) is 12.2. The summed E-state index contributed by atoms with van der Waals surface area (Å²) in [4.78, 5) is 11.7. The first-order valence-electron chi connectivity index (χ1n) is 5.80. The van der Waals surface area contributed by atoms with E-state index in [1.165, 1.54) is 0 Å². The molecule has 88 valence electrons. The second-order valence-corrected chi connectivity index (χ2v) is 4.69. The molecule has 0 amide bonds. The Hall–Kier alpha value is -1.77. The molecule has 3 nitrogen and oxygen atoms in total. The molecule has 0 spiro atoms. The van der Waals surface area contributed by atoms with Crippen molar-refractivity contribution >= 4 is 11.0 Å². The third-order valence-electron chi connectivity index (χ3n) is 3.50. The number of ether oxygens (including phenoxy) is 1. The lowest BCUT2D eigenvalue weighted by Gasteiger charge is -2.06. The van der Waals surface area contributed by atoms with E-state index >= 15 is 0 Å². The lowest BCUT2D eigenvalue weighted by molar-refractivity contribution is 0.254. The maximum Gasteiger partial charge on any atom is 0.339 e. The van der Waals surface area contributed by atoms with Crippen LogP contribution in [0.4, 0.5) is 0 Å². The number of aryl methyl sites for hydroxylation is 1. The standard InChI is InChI=1S/C14H14O3/c1-7-6-11-12(16-7)5-4-10-8(2)9(3)14(15)17-13(10)11/h4-5,7H,6H2,1-3H3/t7-/m0/s1. The minimum atomic E-state index is -0.247. The number of hydrogen-bond acceptors (Lipinski definition) is 3. The van der Waals surface area contributed by atoms with Crippen LogP contribution in [-0.4, -0.2) is 6.10 Å². The van der Waals surface area contributed by atoms with Gasteiger partial charge in [0.15, 0.2) is 0 Å². The van der Waals surface area contributed by atoms with Gasteiger partial charge >= 0.3 is 5.63 Å². The lowest BCUT2D eigenvalue weighted by Crippen LogP contribution is -2.07. The molecule has 3 rings (SSSR count). The molecule has 2 aromatic rings. The summed E-state index contributed by atoms with van der Waals surface area (Å²) in [5.74, 6) is 0.844. The van der Waals surface area contributed by atoms with Gasteiger partial charge in [0.25, 0.3) is 0 Å². The van der Waals surface area contributed by atoms with Gasteiger partial charge in [0, 0.05) is 22.9 Å². The molecule has 0 unspecified atom stereocenters. The molecule has 17 heavy (non-hydrogen) atoms. The summed E-state index contributed by atoms with van der Waals surface area (Å²) in [6.07, 6.45) is 0.959. The first kappa shape index (κ1) is 10.4. The Morgan fingerprint density at radius 1 is 1.24 bits per heavy atom. The van der Waals surface area contributed by atoms with Crippen molar-refractivity contribution in [3.63, 3.8) is 0 Å². The molecule has 3 heteroatoms. The van der Waals surface area contributed by atoms with Crippen molar-refractivity contribution < 1.29 is 9.15 Å². The highest BCUT2D eigenvalue weighted by molar-refractivity contribution is 5.86. The number of rotatable bonds is 0. The fourth-order valence-electron chi connectivity index (χ4n) is 2.40. The van der Waals surface area contributed by atoms with E-state index in [1.54, 1.807) is 6.92 Å². The van der Waals surface area contributed by atoms with Crippen molar-refractivity contribution in [3.05, 3.63) is 39.2 Å². The lowest BCUT2D eigenvalue weighted by atomic mass is 10.0. The van der Waals surface area contributed by atoms with Crippen LogP contribution >= 0.6 is 0 Å². The van der Waals surface area contributed by atoms with Crippen LogP contribution < -0.4 is 10.4 Å². The zero-order valence-electron chi connectivity index (χ0n) is 10.2. The van der Waals surface area contributed by atoms with Gasteiger partial charge in [-0.05, 0) is 38.5 Å². The topological polar surface area (TPSA) is 39.4 Å². The molecular weight excluding hydrogens is 216 g/mol. The van der Waals surface area contributed by atoms with E-state index in [4.69, 9.17) is 9.15 Å². The molecule has 0 fully saturated rings. The summed E-state index contributed by atoms with van der Waals surface area (Å²) in [6.45, 7) is 5.78. The fraction of sp³-hybridized carbons (Fsp3) is 0.357. The molecule has 1 aliphatic rings. The second-order valence-electron chi connectivity index (χ2n) is 4.69. The van der Waals surface area contributed by atoms with E-state index in [2.05, 4.69) is 0 Å². The largest absolute Gasteiger partial charge is 0.490 e. The first-order chi connectivity index (χ1) is 8.08. The van der Waals surface area contributed by atoms with Gasteiger partial charge in [-0.2, -0.15) is 0 Å². The Bertz CT molecular complexity index is 667. The van der Waals surface area contributed by atoms with Crippen LogP contribution in [0.3, 0.4) is 0 Å². The molecule has 1 aromatic heterocycles. The van der Waals surface area contributed by atoms with E-state index in [-0.39, 0.29) is 11.7 Å². The number of benzene rings is 1. The Kier molecular flexibility index (Phi) is 2.05.